The van der Waals surface area contributed by atoms with Crippen LogP contribution in [0.3, 0.4) is 0 Å². The van der Waals surface area contributed by atoms with Gasteiger partial charge in [0.15, 0.2) is 21.3 Å². The molecule has 1 aromatic rings. The van der Waals surface area contributed by atoms with E-state index in [1.807, 2.05) is 0 Å². The van der Waals surface area contributed by atoms with Crippen molar-refractivity contribution in [2.45, 2.75) is 19.4 Å². The van der Waals surface area contributed by atoms with Crippen molar-refractivity contribution < 1.29 is 27.5 Å². The SMILES string of the molecule is CC(=O)N(CC(=O)Nc1ccc2c(c1)OCCO2)C1CCS(=O)(=O)C1. The summed E-state index contributed by atoms with van der Waals surface area (Å²) in [6.45, 7) is 2.07. The molecule has 8 nitrogen and oxygen atoms in total. The Bertz CT molecular complexity index is 792. The van der Waals surface area contributed by atoms with Crippen LogP contribution in [0.15, 0.2) is 18.2 Å². The third-order valence-corrected chi connectivity index (χ3v) is 5.94. The molecule has 0 saturated carbocycles. The Kier molecular flexibility index (Phi) is 4.85. The average molecular weight is 368 g/mol. The van der Waals surface area contributed by atoms with Crippen LogP contribution >= 0.6 is 0 Å². The Morgan fingerprint density at radius 1 is 1.24 bits per heavy atom. The highest BCUT2D eigenvalue weighted by Gasteiger charge is 2.34. The van der Waals surface area contributed by atoms with Crippen LogP contribution in [-0.2, 0) is 19.4 Å². The van der Waals surface area contributed by atoms with E-state index in [0.29, 0.717) is 36.8 Å². The maximum absolute atomic E-state index is 12.3. The fraction of sp³-hybridized carbons (Fsp3) is 0.500. The zero-order valence-electron chi connectivity index (χ0n) is 13.9. The fourth-order valence-corrected chi connectivity index (χ4v) is 4.73. The maximum atomic E-state index is 12.3. The quantitative estimate of drug-likeness (QED) is 0.827. The van der Waals surface area contributed by atoms with Gasteiger partial charge in [-0.3, -0.25) is 9.59 Å². The summed E-state index contributed by atoms with van der Waals surface area (Å²) in [5.41, 5.74) is 0.525. The first-order valence-corrected chi connectivity index (χ1v) is 9.83. The lowest BCUT2D eigenvalue weighted by atomic mass is 10.2. The number of rotatable bonds is 4. The number of ether oxygens (including phenoxy) is 2. The Morgan fingerprint density at radius 2 is 1.96 bits per heavy atom. The molecule has 1 aromatic carbocycles. The molecule has 0 bridgehead atoms. The molecule has 2 aliphatic heterocycles. The molecule has 1 saturated heterocycles. The number of sulfone groups is 1. The smallest absolute Gasteiger partial charge is 0.244 e. The third kappa shape index (κ3) is 4.22. The third-order valence-electron chi connectivity index (χ3n) is 4.19. The van der Waals surface area contributed by atoms with Gasteiger partial charge >= 0.3 is 0 Å². The summed E-state index contributed by atoms with van der Waals surface area (Å²) in [7, 11) is -3.13. The lowest BCUT2D eigenvalue weighted by molar-refractivity contribution is -0.134. The van der Waals surface area contributed by atoms with Crippen LogP contribution in [0.4, 0.5) is 5.69 Å². The Labute approximate surface area is 146 Å². The van der Waals surface area contributed by atoms with E-state index in [1.54, 1.807) is 18.2 Å². The second-order valence-electron chi connectivity index (χ2n) is 6.11. The van der Waals surface area contributed by atoms with Gasteiger partial charge in [-0.05, 0) is 18.6 Å². The summed E-state index contributed by atoms with van der Waals surface area (Å²) in [5, 5.41) is 2.70. The van der Waals surface area contributed by atoms with Crippen LogP contribution in [-0.4, -0.2) is 62.4 Å². The molecule has 2 aliphatic rings. The highest BCUT2D eigenvalue weighted by atomic mass is 32.2. The van der Waals surface area contributed by atoms with Crippen molar-refractivity contribution in [3.05, 3.63) is 18.2 Å². The summed E-state index contributed by atoms with van der Waals surface area (Å²) >= 11 is 0. The van der Waals surface area contributed by atoms with E-state index in [0.717, 1.165) is 0 Å². The van der Waals surface area contributed by atoms with Gasteiger partial charge < -0.3 is 19.7 Å². The summed E-state index contributed by atoms with van der Waals surface area (Å²) in [6.07, 6.45) is 0.360. The Morgan fingerprint density at radius 3 is 2.60 bits per heavy atom. The second kappa shape index (κ2) is 6.91. The molecule has 1 N–H and O–H groups in total. The van der Waals surface area contributed by atoms with E-state index >= 15 is 0 Å². The number of fused-ring (bicyclic) bond motifs is 1. The van der Waals surface area contributed by atoms with Crippen LogP contribution in [0.1, 0.15) is 13.3 Å². The van der Waals surface area contributed by atoms with E-state index in [4.69, 9.17) is 9.47 Å². The molecule has 2 heterocycles. The van der Waals surface area contributed by atoms with Gasteiger partial charge in [-0.2, -0.15) is 0 Å². The normalized spacial score (nSPS) is 20.8. The zero-order chi connectivity index (χ0) is 18.0. The topological polar surface area (TPSA) is 102 Å². The van der Waals surface area contributed by atoms with Gasteiger partial charge in [0.1, 0.15) is 19.8 Å². The molecule has 2 amide bonds. The standard InChI is InChI=1S/C16H20N2O6S/c1-11(19)18(13-4-7-25(21,22)10-13)9-16(20)17-12-2-3-14-15(8-12)24-6-5-23-14/h2-3,8,13H,4-7,9-10H2,1H3,(H,17,20). The van der Waals surface area contributed by atoms with E-state index < -0.39 is 21.8 Å². The van der Waals surface area contributed by atoms with Crippen molar-refractivity contribution in [2.24, 2.45) is 0 Å². The van der Waals surface area contributed by atoms with E-state index in [9.17, 15) is 18.0 Å². The van der Waals surface area contributed by atoms with Crippen molar-refractivity contribution in [1.82, 2.24) is 4.90 Å². The number of nitrogens with zero attached hydrogens (tertiary/aromatic N) is 1. The Balaban J connectivity index is 1.65. The van der Waals surface area contributed by atoms with Gasteiger partial charge in [-0.15, -0.1) is 0 Å². The number of benzene rings is 1. The molecular weight excluding hydrogens is 348 g/mol. The lowest BCUT2D eigenvalue weighted by Gasteiger charge is -2.26. The molecule has 3 rings (SSSR count). The van der Waals surface area contributed by atoms with Crippen LogP contribution in [0.5, 0.6) is 11.5 Å². The molecule has 136 valence electrons. The first-order valence-electron chi connectivity index (χ1n) is 8.01. The molecule has 1 unspecified atom stereocenters. The van der Waals surface area contributed by atoms with E-state index in [-0.39, 0.29) is 24.0 Å². The van der Waals surface area contributed by atoms with Crippen molar-refractivity contribution in [3.8, 4) is 11.5 Å². The fourth-order valence-electron chi connectivity index (χ4n) is 3.00. The summed E-state index contributed by atoms with van der Waals surface area (Å²) in [5.74, 6) is 0.408. The van der Waals surface area contributed by atoms with Crippen molar-refractivity contribution in [1.29, 1.82) is 0 Å². The van der Waals surface area contributed by atoms with Crippen molar-refractivity contribution in [2.75, 3.05) is 36.6 Å². The predicted octanol–water partition coefficient (Wildman–Crippen LogP) is 0.432. The number of amides is 2. The maximum Gasteiger partial charge on any atom is 0.244 e. The van der Waals surface area contributed by atoms with Crippen molar-refractivity contribution in [3.63, 3.8) is 0 Å². The van der Waals surface area contributed by atoms with Crippen molar-refractivity contribution >= 4 is 27.3 Å². The summed E-state index contributed by atoms with van der Waals surface area (Å²) in [4.78, 5) is 25.4. The molecule has 0 aromatic heterocycles. The van der Waals surface area contributed by atoms with E-state index in [1.165, 1.54) is 11.8 Å². The second-order valence-corrected chi connectivity index (χ2v) is 8.34. The molecule has 1 atom stereocenters. The lowest BCUT2D eigenvalue weighted by Crippen LogP contribution is -2.44. The molecule has 1 fully saturated rings. The molecule has 0 aliphatic carbocycles. The van der Waals surface area contributed by atoms with Gasteiger partial charge in [0.25, 0.3) is 0 Å². The van der Waals surface area contributed by atoms with Crippen LogP contribution < -0.4 is 14.8 Å². The highest BCUT2D eigenvalue weighted by Crippen LogP contribution is 2.32. The molecular formula is C16H20N2O6S. The zero-order valence-corrected chi connectivity index (χ0v) is 14.7. The van der Waals surface area contributed by atoms with Crippen LogP contribution in [0.25, 0.3) is 0 Å². The Hall–Kier alpha value is -2.29. The van der Waals surface area contributed by atoms with Crippen LogP contribution in [0.2, 0.25) is 0 Å². The van der Waals surface area contributed by atoms with Crippen LogP contribution in [0, 0.1) is 0 Å². The summed E-state index contributed by atoms with van der Waals surface area (Å²) in [6, 6.07) is 4.60. The number of hydrogen-bond donors (Lipinski definition) is 1. The number of nitrogens with one attached hydrogen (secondary N) is 1. The first kappa shape index (κ1) is 17.5. The monoisotopic (exact) mass is 368 g/mol. The predicted molar refractivity (Wildman–Crippen MR) is 90.5 cm³/mol. The van der Waals surface area contributed by atoms with Gasteiger partial charge in [0, 0.05) is 24.7 Å². The number of carbonyl (C=O) groups excluding carboxylic acids is 2. The average Bonchev–Trinajstić information content (AvgIpc) is 2.92. The van der Waals surface area contributed by atoms with E-state index in [2.05, 4.69) is 5.32 Å². The largest absolute Gasteiger partial charge is 0.486 e. The minimum absolute atomic E-state index is 0.0469. The summed E-state index contributed by atoms with van der Waals surface area (Å²) < 4.78 is 34.1. The van der Waals surface area contributed by atoms with Gasteiger partial charge in [0.05, 0.1) is 11.5 Å². The molecule has 25 heavy (non-hydrogen) atoms. The van der Waals surface area contributed by atoms with Gasteiger partial charge in [-0.25, -0.2) is 8.42 Å². The molecule has 0 radical (unpaired) electrons. The number of carbonyl (C=O) groups is 2. The molecule has 0 spiro atoms. The first-order chi connectivity index (χ1) is 11.8. The van der Waals surface area contributed by atoms with Gasteiger partial charge in [-0.1, -0.05) is 0 Å². The number of anilines is 1. The minimum atomic E-state index is -3.13. The minimum Gasteiger partial charge on any atom is -0.486 e. The molecule has 9 heteroatoms. The number of hydrogen-bond acceptors (Lipinski definition) is 6. The highest BCUT2D eigenvalue weighted by molar-refractivity contribution is 7.91. The van der Waals surface area contributed by atoms with Gasteiger partial charge in [0.2, 0.25) is 11.8 Å².